The molecule has 0 N–H and O–H groups in total. The van der Waals surface area contributed by atoms with Crippen molar-refractivity contribution >= 4 is 29.2 Å². The van der Waals surface area contributed by atoms with Crippen LogP contribution in [0.25, 0.3) is 11.3 Å². The summed E-state index contributed by atoms with van der Waals surface area (Å²) in [6, 6.07) is 19.0. The van der Waals surface area contributed by atoms with Gasteiger partial charge in [0, 0.05) is 43.9 Å². The molecule has 0 atom stereocenters. The van der Waals surface area contributed by atoms with Crippen molar-refractivity contribution in [1.82, 2.24) is 20.0 Å². The lowest BCUT2D eigenvalue weighted by molar-refractivity contribution is -0.131. The summed E-state index contributed by atoms with van der Waals surface area (Å²) >= 11 is 6.31. The molecule has 1 aliphatic heterocycles. The number of nitrogens with zero attached hydrogens (tertiary/aromatic N) is 5. The van der Waals surface area contributed by atoms with Gasteiger partial charge in [-0.1, -0.05) is 61.3 Å². The molecule has 0 spiro atoms. The normalized spacial score (nSPS) is 13.9. The molecule has 2 amide bonds. The van der Waals surface area contributed by atoms with Crippen molar-refractivity contribution in [3.63, 3.8) is 0 Å². The van der Waals surface area contributed by atoms with Crippen molar-refractivity contribution < 1.29 is 9.59 Å². The van der Waals surface area contributed by atoms with Crippen LogP contribution in [-0.4, -0.2) is 71.1 Å². The monoisotopic (exact) mass is 533 g/mol. The summed E-state index contributed by atoms with van der Waals surface area (Å²) in [6.45, 7) is 9.56. The Kier molecular flexibility index (Phi) is 9.34. The zero-order chi connectivity index (χ0) is 27.1. The summed E-state index contributed by atoms with van der Waals surface area (Å²) in [7, 11) is 0. The number of benzene rings is 2. The fourth-order valence-electron chi connectivity index (χ4n) is 4.51. The van der Waals surface area contributed by atoms with Gasteiger partial charge in [0.15, 0.2) is 5.82 Å². The minimum Gasteiger partial charge on any atom is -0.353 e. The smallest absolute Gasteiger partial charge is 0.254 e. The predicted molar refractivity (Wildman–Crippen MR) is 152 cm³/mol. The third-order valence-corrected chi connectivity index (χ3v) is 7.19. The number of halogens is 1. The fraction of sp³-hybridized carbons (Fsp3) is 0.400. The minimum absolute atomic E-state index is 0.0174. The molecule has 8 heteroatoms. The highest BCUT2D eigenvalue weighted by molar-refractivity contribution is 6.33. The van der Waals surface area contributed by atoms with Gasteiger partial charge in [0.05, 0.1) is 10.7 Å². The summed E-state index contributed by atoms with van der Waals surface area (Å²) in [5, 5.41) is 9.48. The van der Waals surface area contributed by atoms with Crippen LogP contribution in [-0.2, 0) is 4.79 Å². The van der Waals surface area contributed by atoms with Crippen LogP contribution in [0.5, 0.6) is 0 Å². The number of rotatable bonds is 8. The SMILES string of the molecule is Cc1ccc(C(=O)N(CCC(C)C)CC(=O)N2CCCN(c3ccc(-c4ccccc4Cl)nn3)CC2)cc1. The van der Waals surface area contributed by atoms with Gasteiger partial charge >= 0.3 is 0 Å². The fourth-order valence-corrected chi connectivity index (χ4v) is 4.74. The Morgan fingerprint density at radius 3 is 2.39 bits per heavy atom. The van der Waals surface area contributed by atoms with Gasteiger partial charge in [0.25, 0.3) is 5.91 Å². The van der Waals surface area contributed by atoms with Crippen LogP contribution in [0.3, 0.4) is 0 Å². The van der Waals surface area contributed by atoms with Gasteiger partial charge in [-0.25, -0.2) is 0 Å². The maximum absolute atomic E-state index is 13.3. The van der Waals surface area contributed by atoms with Crippen molar-refractivity contribution in [2.24, 2.45) is 5.92 Å². The molecule has 1 fully saturated rings. The van der Waals surface area contributed by atoms with Crippen molar-refractivity contribution in [2.45, 2.75) is 33.6 Å². The highest BCUT2D eigenvalue weighted by Crippen LogP contribution is 2.26. The lowest BCUT2D eigenvalue weighted by Gasteiger charge is -2.27. The second kappa shape index (κ2) is 12.9. The Labute approximate surface area is 230 Å². The summed E-state index contributed by atoms with van der Waals surface area (Å²) in [4.78, 5) is 32.3. The van der Waals surface area contributed by atoms with E-state index in [1.165, 1.54) is 0 Å². The molecule has 200 valence electrons. The summed E-state index contributed by atoms with van der Waals surface area (Å²) in [5.74, 6) is 1.11. The number of carbonyl (C=O) groups is 2. The van der Waals surface area contributed by atoms with Gasteiger partial charge in [-0.15, -0.1) is 10.2 Å². The number of carbonyl (C=O) groups excluding carboxylic acids is 2. The third-order valence-electron chi connectivity index (χ3n) is 6.86. The number of hydrogen-bond donors (Lipinski definition) is 0. The van der Waals surface area contributed by atoms with Crippen LogP contribution in [0.4, 0.5) is 5.82 Å². The zero-order valence-electron chi connectivity index (χ0n) is 22.4. The van der Waals surface area contributed by atoms with E-state index in [1.807, 2.05) is 72.5 Å². The van der Waals surface area contributed by atoms with E-state index in [9.17, 15) is 9.59 Å². The molecule has 38 heavy (non-hydrogen) atoms. The van der Waals surface area contributed by atoms with Crippen LogP contribution >= 0.6 is 11.6 Å². The Balaban J connectivity index is 1.39. The van der Waals surface area contributed by atoms with E-state index in [2.05, 4.69) is 28.9 Å². The maximum atomic E-state index is 13.3. The largest absolute Gasteiger partial charge is 0.353 e. The maximum Gasteiger partial charge on any atom is 0.254 e. The van der Waals surface area contributed by atoms with Crippen LogP contribution in [0.15, 0.2) is 60.7 Å². The molecule has 0 bridgehead atoms. The number of aryl methyl sites for hydroxylation is 1. The van der Waals surface area contributed by atoms with Gasteiger partial charge < -0.3 is 14.7 Å². The first-order valence-corrected chi connectivity index (χ1v) is 13.7. The zero-order valence-corrected chi connectivity index (χ0v) is 23.2. The molecular formula is C30H36ClN5O2. The molecule has 2 aromatic carbocycles. The lowest BCUT2D eigenvalue weighted by atomic mass is 10.1. The average molecular weight is 534 g/mol. The van der Waals surface area contributed by atoms with Crippen molar-refractivity contribution in [2.75, 3.05) is 44.2 Å². The molecular weight excluding hydrogens is 498 g/mol. The first kappa shape index (κ1) is 27.6. The van der Waals surface area contributed by atoms with E-state index < -0.39 is 0 Å². The standard InChI is InChI=1S/C30H36ClN5O2/c1-22(2)15-18-36(30(38)24-11-9-23(3)10-12-24)21-29(37)35-17-6-16-34(19-20-35)28-14-13-27(32-33-28)25-7-4-5-8-26(25)31/h4-5,7-14,22H,6,15-21H2,1-3H3. The van der Waals surface area contributed by atoms with E-state index in [1.54, 1.807) is 4.90 Å². The first-order chi connectivity index (χ1) is 18.3. The van der Waals surface area contributed by atoms with E-state index in [4.69, 9.17) is 11.6 Å². The van der Waals surface area contributed by atoms with E-state index >= 15 is 0 Å². The molecule has 0 aliphatic carbocycles. The Hall–Kier alpha value is -3.45. The number of aromatic nitrogens is 2. The summed E-state index contributed by atoms with van der Waals surface area (Å²) in [5.41, 5.74) is 3.30. The van der Waals surface area contributed by atoms with Crippen LogP contribution in [0.2, 0.25) is 5.02 Å². The summed E-state index contributed by atoms with van der Waals surface area (Å²) < 4.78 is 0. The van der Waals surface area contributed by atoms with Crippen LogP contribution in [0.1, 0.15) is 42.6 Å². The first-order valence-electron chi connectivity index (χ1n) is 13.3. The second-order valence-corrected chi connectivity index (χ2v) is 10.7. The van der Waals surface area contributed by atoms with Gasteiger partial charge in [-0.3, -0.25) is 9.59 Å². The van der Waals surface area contributed by atoms with Crippen LogP contribution < -0.4 is 4.90 Å². The van der Waals surface area contributed by atoms with E-state index in [0.29, 0.717) is 42.7 Å². The Bertz CT molecular complexity index is 1230. The third kappa shape index (κ3) is 7.10. The highest BCUT2D eigenvalue weighted by Gasteiger charge is 2.25. The quantitative estimate of drug-likeness (QED) is 0.391. The Morgan fingerprint density at radius 2 is 1.71 bits per heavy atom. The predicted octanol–water partition coefficient (Wildman–Crippen LogP) is 5.33. The second-order valence-electron chi connectivity index (χ2n) is 10.3. The highest BCUT2D eigenvalue weighted by atomic mass is 35.5. The molecule has 1 aliphatic rings. The van der Waals surface area contributed by atoms with Crippen molar-refractivity contribution in [1.29, 1.82) is 0 Å². The van der Waals surface area contributed by atoms with Gasteiger partial charge in [-0.2, -0.15) is 0 Å². The van der Waals surface area contributed by atoms with Gasteiger partial charge in [0.1, 0.15) is 6.54 Å². The molecule has 0 saturated carbocycles. The molecule has 0 radical (unpaired) electrons. The molecule has 1 aromatic heterocycles. The molecule has 7 nitrogen and oxygen atoms in total. The summed E-state index contributed by atoms with van der Waals surface area (Å²) in [6.07, 6.45) is 1.67. The molecule has 1 saturated heterocycles. The average Bonchev–Trinajstić information content (AvgIpc) is 3.18. The Morgan fingerprint density at radius 1 is 0.947 bits per heavy atom. The minimum atomic E-state index is -0.0932. The number of anilines is 1. The van der Waals surface area contributed by atoms with E-state index in [0.717, 1.165) is 42.0 Å². The van der Waals surface area contributed by atoms with E-state index in [-0.39, 0.29) is 18.4 Å². The topological polar surface area (TPSA) is 69.6 Å². The number of amides is 2. The lowest BCUT2D eigenvalue weighted by Crippen LogP contribution is -2.44. The van der Waals surface area contributed by atoms with Crippen LogP contribution in [0, 0.1) is 12.8 Å². The molecule has 3 aromatic rings. The molecule has 2 heterocycles. The van der Waals surface area contributed by atoms with Crippen molar-refractivity contribution in [3.8, 4) is 11.3 Å². The van der Waals surface area contributed by atoms with Crippen molar-refractivity contribution in [3.05, 3.63) is 76.8 Å². The van der Waals surface area contributed by atoms with Gasteiger partial charge in [-0.05, 0) is 56.0 Å². The molecule has 0 unspecified atom stereocenters. The van der Waals surface area contributed by atoms with Gasteiger partial charge in [0.2, 0.25) is 5.91 Å². The molecule has 4 rings (SSSR count). The number of hydrogen-bond acceptors (Lipinski definition) is 5.